The van der Waals surface area contributed by atoms with Crippen molar-refractivity contribution in [1.29, 1.82) is 0 Å². The fourth-order valence-corrected chi connectivity index (χ4v) is 3.11. The number of anilines is 1. The molecule has 0 aliphatic carbocycles. The molecule has 1 aliphatic rings. The minimum absolute atomic E-state index is 0.0986. The number of fused-ring (bicyclic) bond motifs is 1. The summed E-state index contributed by atoms with van der Waals surface area (Å²) in [6.07, 6.45) is 0.737. The van der Waals surface area contributed by atoms with Gasteiger partial charge in [0.05, 0.1) is 14.2 Å². The van der Waals surface area contributed by atoms with Gasteiger partial charge in [0.1, 0.15) is 0 Å². The standard InChI is InChI=1S/C19H21N3O4/c1-25-16-9-12-6-7-22(11-14(12)10-17(16)26-2)18(23)13-4-3-5-15(8-13)21-19(20)24/h3-5,8-10H,6-7,11H2,1-2H3,(H3,20,21,24). The van der Waals surface area contributed by atoms with Crippen LogP contribution in [0, 0.1) is 0 Å². The molecule has 0 saturated carbocycles. The zero-order chi connectivity index (χ0) is 18.7. The number of nitrogens with two attached hydrogens (primary N) is 1. The van der Waals surface area contributed by atoms with E-state index in [-0.39, 0.29) is 5.91 Å². The zero-order valence-electron chi connectivity index (χ0n) is 14.7. The summed E-state index contributed by atoms with van der Waals surface area (Å²) in [4.78, 5) is 25.6. The Morgan fingerprint density at radius 1 is 1.08 bits per heavy atom. The molecule has 0 unspecified atom stereocenters. The number of carbonyl (C=O) groups is 2. The predicted octanol–water partition coefficient (Wildman–Crippen LogP) is 2.39. The van der Waals surface area contributed by atoms with Crippen molar-refractivity contribution in [3.63, 3.8) is 0 Å². The van der Waals surface area contributed by atoms with Gasteiger partial charge in [0.2, 0.25) is 0 Å². The number of hydrogen-bond acceptors (Lipinski definition) is 4. The van der Waals surface area contributed by atoms with E-state index in [0.29, 0.717) is 35.8 Å². The smallest absolute Gasteiger partial charge is 0.316 e. The van der Waals surface area contributed by atoms with Crippen molar-refractivity contribution in [3.05, 3.63) is 53.1 Å². The van der Waals surface area contributed by atoms with Gasteiger partial charge in [-0.3, -0.25) is 4.79 Å². The Hall–Kier alpha value is -3.22. The van der Waals surface area contributed by atoms with E-state index in [1.165, 1.54) is 0 Å². The molecule has 1 aliphatic heterocycles. The normalized spacial score (nSPS) is 12.9. The molecule has 0 bridgehead atoms. The highest BCUT2D eigenvalue weighted by Crippen LogP contribution is 2.33. The SMILES string of the molecule is COc1cc2c(cc1OC)CN(C(=O)c1cccc(NC(N)=O)c1)CC2. The second-order valence-corrected chi connectivity index (χ2v) is 6.02. The molecule has 0 aromatic heterocycles. The minimum atomic E-state index is -0.664. The van der Waals surface area contributed by atoms with Gasteiger partial charge in [-0.1, -0.05) is 6.07 Å². The summed E-state index contributed by atoms with van der Waals surface area (Å²) >= 11 is 0. The van der Waals surface area contributed by atoms with Crippen LogP contribution >= 0.6 is 0 Å². The lowest BCUT2D eigenvalue weighted by molar-refractivity contribution is 0.0734. The maximum Gasteiger partial charge on any atom is 0.316 e. The number of nitrogens with one attached hydrogen (secondary N) is 1. The van der Waals surface area contributed by atoms with Crippen LogP contribution in [0.2, 0.25) is 0 Å². The van der Waals surface area contributed by atoms with Crippen LogP contribution in [0.15, 0.2) is 36.4 Å². The van der Waals surface area contributed by atoms with Crippen LogP contribution in [0.5, 0.6) is 11.5 Å². The third kappa shape index (κ3) is 3.56. The lowest BCUT2D eigenvalue weighted by Gasteiger charge is -2.29. The number of primary amides is 1. The quantitative estimate of drug-likeness (QED) is 0.880. The van der Waals surface area contributed by atoms with Crippen LogP contribution in [-0.4, -0.2) is 37.6 Å². The Bertz CT molecular complexity index is 851. The lowest BCUT2D eigenvalue weighted by atomic mass is 9.98. The Morgan fingerprint density at radius 3 is 2.42 bits per heavy atom. The Morgan fingerprint density at radius 2 is 1.77 bits per heavy atom. The highest BCUT2D eigenvalue weighted by Gasteiger charge is 2.24. The molecule has 3 amide bonds. The van der Waals surface area contributed by atoms with Crippen LogP contribution in [0.3, 0.4) is 0 Å². The van der Waals surface area contributed by atoms with E-state index in [9.17, 15) is 9.59 Å². The molecule has 26 heavy (non-hydrogen) atoms. The van der Waals surface area contributed by atoms with Crippen molar-refractivity contribution < 1.29 is 19.1 Å². The maximum atomic E-state index is 12.9. The van der Waals surface area contributed by atoms with Gasteiger partial charge in [-0.2, -0.15) is 0 Å². The number of benzene rings is 2. The molecule has 0 atom stereocenters. The first-order valence-electron chi connectivity index (χ1n) is 8.21. The van der Waals surface area contributed by atoms with E-state index in [2.05, 4.69) is 5.32 Å². The van der Waals surface area contributed by atoms with Crippen molar-refractivity contribution in [2.75, 3.05) is 26.1 Å². The molecular weight excluding hydrogens is 334 g/mol. The monoisotopic (exact) mass is 355 g/mol. The van der Waals surface area contributed by atoms with E-state index in [0.717, 1.165) is 17.5 Å². The van der Waals surface area contributed by atoms with Gasteiger partial charge in [-0.05, 0) is 47.9 Å². The average molecular weight is 355 g/mol. The molecule has 2 aromatic rings. The summed E-state index contributed by atoms with van der Waals surface area (Å²) in [5.41, 5.74) is 8.31. The van der Waals surface area contributed by atoms with Crippen molar-refractivity contribution in [3.8, 4) is 11.5 Å². The number of methoxy groups -OCH3 is 2. The first-order chi connectivity index (χ1) is 12.5. The molecule has 3 rings (SSSR count). The number of urea groups is 1. The summed E-state index contributed by atoms with van der Waals surface area (Å²) in [5, 5.41) is 2.48. The molecule has 0 fully saturated rings. The number of nitrogens with zero attached hydrogens (tertiary/aromatic N) is 1. The van der Waals surface area contributed by atoms with Crippen molar-refractivity contribution in [2.24, 2.45) is 5.73 Å². The van der Waals surface area contributed by atoms with E-state index in [4.69, 9.17) is 15.2 Å². The molecule has 0 spiro atoms. The first-order valence-corrected chi connectivity index (χ1v) is 8.21. The fourth-order valence-electron chi connectivity index (χ4n) is 3.11. The van der Waals surface area contributed by atoms with E-state index < -0.39 is 6.03 Å². The van der Waals surface area contributed by atoms with Gasteiger partial charge in [0, 0.05) is 24.3 Å². The number of rotatable bonds is 4. The third-order valence-corrected chi connectivity index (χ3v) is 4.38. The number of ether oxygens (including phenoxy) is 2. The van der Waals surface area contributed by atoms with Gasteiger partial charge < -0.3 is 25.4 Å². The molecule has 3 N–H and O–H groups in total. The van der Waals surface area contributed by atoms with Gasteiger partial charge >= 0.3 is 6.03 Å². The topological polar surface area (TPSA) is 93.9 Å². The number of hydrogen-bond donors (Lipinski definition) is 2. The Kier molecular flexibility index (Phi) is 4.97. The molecule has 2 aromatic carbocycles. The lowest BCUT2D eigenvalue weighted by Crippen LogP contribution is -2.36. The predicted molar refractivity (Wildman–Crippen MR) is 97.6 cm³/mol. The van der Waals surface area contributed by atoms with Crippen LogP contribution in [-0.2, 0) is 13.0 Å². The van der Waals surface area contributed by atoms with E-state index in [1.54, 1.807) is 43.4 Å². The zero-order valence-corrected chi connectivity index (χ0v) is 14.7. The number of carbonyl (C=O) groups excluding carboxylic acids is 2. The summed E-state index contributed by atoms with van der Waals surface area (Å²) in [5.74, 6) is 1.24. The van der Waals surface area contributed by atoms with Crippen molar-refractivity contribution in [2.45, 2.75) is 13.0 Å². The first kappa shape index (κ1) is 17.6. The van der Waals surface area contributed by atoms with Crippen LogP contribution in [0.25, 0.3) is 0 Å². The highest BCUT2D eigenvalue weighted by molar-refractivity contribution is 5.96. The molecule has 7 heteroatoms. The molecule has 0 saturated heterocycles. The third-order valence-electron chi connectivity index (χ3n) is 4.38. The molecule has 1 heterocycles. The van der Waals surface area contributed by atoms with Crippen molar-refractivity contribution >= 4 is 17.6 Å². The average Bonchev–Trinajstić information content (AvgIpc) is 2.65. The second-order valence-electron chi connectivity index (χ2n) is 6.02. The van der Waals surface area contributed by atoms with Crippen LogP contribution in [0.1, 0.15) is 21.5 Å². The van der Waals surface area contributed by atoms with Gasteiger partial charge in [-0.25, -0.2) is 4.79 Å². The van der Waals surface area contributed by atoms with E-state index >= 15 is 0 Å². The maximum absolute atomic E-state index is 12.9. The van der Waals surface area contributed by atoms with Crippen LogP contribution in [0.4, 0.5) is 10.5 Å². The minimum Gasteiger partial charge on any atom is -0.493 e. The van der Waals surface area contributed by atoms with Crippen LogP contribution < -0.4 is 20.5 Å². The molecule has 7 nitrogen and oxygen atoms in total. The highest BCUT2D eigenvalue weighted by atomic mass is 16.5. The molecule has 136 valence electrons. The number of amides is 3. The summed E-state index contributed by atoms with van der Waals surface area (Å²) in [7, 11) is 3.20. The van der Waals surface area contributed by atoms with Gasteiger partial charge in [-0.15, -0.1) is 0 Å². The fraction of sp³-hybridized carbons (Fsp3) is 0.263. The molecule has 0 radical (unpaired) electrons. The summed E-state index contributed by atoms with van der Waals surface area (Å²) in [6, 6.07) is 9.96. The largest absolute Gasteiger partial charge is 0.493 e. The molecular formula is C19H21N3O4. The van der Waals surface area contributed by atoms with Crippen molar-refractivity contribution in [1.82, 2.24) is 4.90 Å². The summed E-state index contributed by atoms with van der Waals surface area (Å²) in [6.45, 7) is 1.09. The second kappa shape index (κ2) is 7.35. The van der Waals surface area contributed by atoms with Gasteiger partial charge in [0.25, 0.3) is 5.91 Å². The Labute approximate surface area is 151 Å². The van der Waals surface area contributed by atoms with Gasteiger partial charge in [0.15, 0.2) is 11.5 Å². The summed E-state index contributed by atoms with van der Waals surface area (Å²) < 4.78 is 10.7. The van der Waals surface area contributed by atoms with E-state index in [1.807, 2.05) is 12.1 Å². The Balaban J connectivity index is 1.82.